The highest BCUT2D eigenvalue weighted by molar-refractivity contribution is 5.53. The van der Waals surface area contributed by atoms with E-state index in [4.69, 9.17) is 14.2 Å². The highest BCUT2D eigenvalue weighted by Crippen LogP contribution is 2.44. The van der Waals surface area contributed by atoms with Crippen molar-refractivity contribution in [2.24, 2.45) is 0 Å². The number of hydrogen-bond acceptors (Lipinski definition) is 4. The van der Waals surface area contributed by atoms with E-state index < -0.39 is 5.60 Å². The van der Waals surface area contributed by atoms with Crippen molar-refractivity contribution in [3.05, 3.63) is 59.4 Å². The van der Waals surface area contributed by atoms with Gasteiger partial charge in [-0.2, -0.15) is 0 Å². The molecule has 0 spiro atoms. The molecule has 0 aromatic heterocycles. The number of anilines is 1. The quantitative estimate of drug-likeness (QED) is 0.734. The van der Waals surface area contributed by atoms with E-state index >= 15 is 0 Å². The maximum atomic E-state index is 13.5. The molecule has 0 aliphatic carbocycles. The lowest BCUT2D eigenvalue weighted by atomic mass is 9.87. The minimum Gasteiger partial charge on any atom is -0.485 e. The first-order chi connectivity index (χ1) is 12.9. The van der Waals surface area contributed by atoms with Crippen LogP contribution in [0.25, 0.3) is 0 Å². The van der Waals surface area contributed by atoms with Crippen LogP contribution in [0.2, 0.25) is 0 Å². The maximum absolute atomic E-state index is 13.5. The molecule has 2 aromatic rings. The third-order valence-electron chi connectivity index (χ3n) is 4.70. The molecular weight excluding hydrogens is 345 g/mol. The molecule has 3 rings (SSSR count). The number of rotatable bonds is 7. The van der Waals surface area contributed by atoms with Crippen molar-refractivity contribution >= 4 is 5.69 Å². The van der Waals surface area contributed by atoms with Gasteiger partial charge in [-0.15, -0.1) is 0 Å². The number of fused-ring (bicyclic) bond motifs is 1. The molecule has 2 unspecified atom stereocenters. The molecule has 0 radical (unpaired) electrons. The Hall–Kier alpha value is -2.11. The molecule has 4 nitrogen and oxygen atoms in total. The van der Waals surface area contributed by atoms with Gasteiger partial charge in [-0.3, -0.25) is 0 Å². The number of benzene rings is 2. The van der Waals surface area contributed by atoms with Crippen LogP contribution >= 0.6 is 0 Å². The molecule has 1 N–H and O–H groups in total. The number of hydrogen-bond donors (Lipinski definition) is 1. The fourth-order valence-corrected chi connectivity index (χ4v) is 3.50. The summed E-state index contributed by atoms with van der Waals surface area (Å²) in [6.45, 7) is 9.72. The van der Waals surface area contributed by atoms with E-state index in [0.717, 1.165) is 29.1 Å². The number of ether oxygens (including phenoxy) is 3. The molecule has 2 atom stereocenters. The van der Waals surface area contributed by atoms with Gasteiger partial charge in [0.05, 0.1) is 6.61 Å². The zero-order chi connectivity index (χ0) is 19.4. The number of halogens is 1. The molecule has 1 heterocycles. The molecule has 0 saturated heterocycles. The monoisotopic (exact) mass is 373 g/mol. The molecule has 0 amide bonds. The van der Waals surface area contributed by atoms with Crippen LogP contribution in [0.15, 0.2) is 42.5 Å². The molecule has 1 aliphatic heterocycles. The van der Waals surface area contributed by atoms with E-state index in [9.17, 15) is 4.39 Å². The molecule has 0 saturated carbocycles. The van der Waals surface area contributed by atoms with Gasteiger partial charge in [0.25, 0.3) is 0 Å². The van der Waals surface area contributed by atoms with Crippen molar-refractivity contribution in [2.45, 2.75) is 52.1 Å². The van der Waals surface area contributed by atoms with Crippen molar-refractivity contribution in [1.82, 2.24) is 0 Å². The topological polar surface area (TPSA) is 39.7 Å². The van der Waals surface area contributed by atoms with E-state index in [-0.39, 0.29) is 18.0 Å². The highest BCUT2D eigenvalue weighted by atomic mass is 19.1. The summed E-state index contributed by atoms with van der Waals surface area (Å²) in [5.41, 5.74) is 2.19. The van der Waals surface area contributed by atoms with Gasteiger partial charge < -0.3 is 19.5 Å². The Morgan fingerprint density at radius 1 is 1.11 bits per heavy atom. The predicted octanol–water partition coefficient (Wildman–Crippen LogP) is 5.09. The average Bonchev–Trinajstić information content (AvgIpc) is 2.61. The standard InChI is InChI=1S/C22H28FNO3/c1-5-24-17-10-11-19-18(13-17)20(25-6-2)21(22(3,4)27-19)26-14-15-8-7-9-16(23)12-15/h7-13,20-21,24H,5-6,14H2,1-4H3. The van der Waals surface area contributed by atoms with Gasteiger partial charge in [0.15, 0.2) is 0 Å². The van der Waals surface area contributed by atoms with Crippen molar-refractivity contribution in [1.29, 1.82) is 0 Å². The Bertz CT molecular complexity index is 778. The van der Waals surface area contributed by atoms with Crippen LogP contribution in [0.1, 0.15) is 44.9 Å². The van der Waals surface area contributed by atoms with Gasteiger partial charge >= 0.3 is 0 Å². The first-order valence-electron chi connectivity index (χ1n) is 9.49. The Morgan fingerprint density at radius 2 is 1.93 bits per heavy atom. The minimum atomic E-state index is -0.583. The van der Waals surface area contributed by atoms with Gasteiger partial charge in [0.1, 0.15) is 29.4 Å². The molecule has 2 aromatic carbocycles. The molecular formula is C22H28FNO3. The first kappa shape index (κ1) is 19.6. The van der Waals surface area contributed by atoms with Gasteiger partial charge in [-0.1, -0.05) is 12.1 Å². The van der Waals surface area contributed by atoms with E-state index in [0.29, 0.717) is 13.2 Å². The number of nitrogens with one attached hydrogen (secondary N) is 1. The molecule has 27 heavy (non-hydrogen) atoms. The normalized spacial score (nSPS) is 20.6. The van der Waals surface area contributed by atoms with E-state index in [1.54, 1.807) is 6.07 Å². The highest BCUT2D eigenvalue weighted by Gasteiger charge is 2.45. The SMILES string of the molecule is CCNc1ccc2c(c1)C(OCC)C(OCc1cccc(F)c1)C(C)(C)O2. The van der Waals surface area contributed by atoms with Gasteiger partial charge in [0, 0.05) is 24.4 Å². The summed E-state index contributed by atoms with van der Waals surface area (Å²) in [6, 6.07) is 12.5. The van der Waals surface area contributed by atoms with Gasteiger partial charge in [0.2, 0.25) is 0 Å². The predicted molar refractivity (Wildman–Crippen MR) is 105 cm³/mol. The summed E-state index contributed by atoms with van der Waals surface area (Å²) in [6.07, 6.45) is -0.592. The molecule has 1 aliphatic rings. The second-order valence-corrected chi connectivity index (χ2v) is 7.23. The third-order valence-corrected chi connectivity index (χ3v) is 4.70. The molecule has 5 heteroatoms. The molecule has 0 bridgehead atoms. The third kappa shape index (κ3) is 4.42. The second-order valence-electron chi connectivity index (χ2n) is 7.23. The molecule has 0 fully saturated rings. The zero-order valence-corrected chi connectivity index (χ0v) is 16.4. The van der Waals surface area contributed by atoms with Crippen LogP contribution in [0, 0.1) is 5.82 Å². The van der Waals surface area contributed by atoms with Crippen LogP contribution in [0.4, 0.5) is 10.1 Å². The maximum Gasteiger partial charge on any atom is 0.132 e. The fraction of sp³-hybridized carbons (Fsp3) is 0.455. The van der Waals surface area contributed by atoms with Crippen LogP contribution in [0.3, 0.4) is 0 Å². The Labute approximate surface area is 160 Å². The van der Waals surface area contributed by atoms with Gasteiger partial charge in [-0.05, 0) is 63.6 Å². The summed E-state index contributed by atoms with van der Waals surface area (Å²) in [5, 5.41) is 3.33. The van der Waals surface area contributed by atoms with Crippen molar-refractivity contribution in [3.8, 4) is 5.75 Å². The Kier molecular flexibility index (Phi) is 6.02. The van der Waals surface area contributed by atoms with E-state index in [1.165, 1.54) is 12.1 Å². The first-order valence-corrected chi connectivity index (χ1v) is 9.49. The summed E-state index contributed by atoms with van der Waals surface area (Å²) in [4.78, 5) is 0. The molecule has 146 valence electrons. The van der Waals surface area contributed by atoms with Gasteiger partial charge in [-0.25, -0.2) is 4.39 Å². The lowest BCUT2D eigenvalue weighted by Crippen LogP contribution is -2.51. The summed E-state index contributed by atoms with van der Waals surface area (Å²) in [7, 11) is 0. The largest absolute Gasteiger partial charge is 0.485 e. The summed E-state index contributed by atoms with van der Waals surface area (Å²) in [5.74, 6) is 0.544. The van der Waals surface area contributed by atoms with Crippen molar-refractivity contribution in [3.63, 3.8) is 0 Å². The smallest absolute Gasteiger partial charge is 0.132 e. The van der Waals surface area contributed by atoms with Crippen LogP contribution < -0.4 is 10.1 Å². The van der Waals surface area contributed by atoms with Crippen molar-refractivity contribution in [2.75, 3.05) is 18.5 Å². The Morgan fingerprint density at radius 3 is 2.63 bits per heavy atom. The second kappa shape index (κ2) is 8.28. The minimum absolute atomic E-state index is 0.263. The average molecular weight is 373 g/mol. The fourth-order valence-electron chi connectivity index (χ4n) is 3.50. The lowest BCUT2D eigenvalue weighted by molar-refractivity contribution is -0.165. The van der Waals surface area contributed by atoms with Crippen molar-refractivity contribution < 1.29 is 18.6 Å². The van der Waals surface area contributed by atoms with Crippen LogP contribution in [0.5, 0.6) is 5.75 Å². The summed E-state index contributed by atoms with van der Waals surface area (Å²) >= 11 is 0. The van der Waals surface area contributed by atoms with Crippen LogP contribution in [-0.2, 0) is 16.1 Å². The van der Waals surface area contributed by atoms with E-state index in [1.807, 2.05) is 39.0 Å². The Balaban J connectivity index is 1.89. The lowest BCUT2D eigenvalue weighted by Gasteiger charge is -2.44. The van der Waals surface area contributed by atoms with Crippen LogP contribution in [-0.4, -0.2) is 24.9 Å². The zero-order valence-electron chi connectivity index (χ0n) is 16.4. The summed E-state index contributed by atoms with van der Waals surface area (Å²) < 4.78 is 32.1. The van der Waals surface area contributed by atoms with E-state index in [2.05, 4.69) is 18.3 Å².